The lowest BCUT2D eigenvalue weighted by Gasteiger charge is -2.36. The Morgan fingerprint density at radius 1 is 1.19 bits per heavy atom. The zero-order valence-corrected chi connectivity index (χ0v) is 18.7. The van der Waals surface area contributed by atoms with Crippen molar-refractivity contribution >= 4 is 46.0 Å². The first-order valence-corrected chi connectivity index (χ1v) is 10.8. The zero-order valence-electron chi connectivity index (χ0n) is 17.9. The number of benzene rings is 1. The van der Waals surface area contributed by atoms with E-state index in [-0.39, 0.29) is 10.9 Å². The van der Waals surface area contributed by atoms with Gasteiger partial charge in [-0.3, -0.25) is 4.79 Å². The molecule has 1 N–H and O–H groups in total. The number of nitrogens with zero attached hydrogens (tertiary/aromatic N) is 5. The number of carboxylic acids is 1. The number of piperazine rings is 1. The molecular formula is C22H23N6O3S-. The average Bonchev–Trinajstić information content (AvgIpc) is 2.80. The van der Waals surface area contributed by atoms with Crippen molar-refractivity contribution in [3.63, 3.8) is 0 Å². The van der Waals surface area contributed by atoms with Crippen LogP contribution >= 0.6 is 12.2 Å². The number of aryl methyl sites for hydroxylation is 2. The molecule has 4 rings (SSSR count). The summed E-state index contributed by atoms with van der Waals surface area (Å²) in [5.41, 5.74) is 1.53. The Morgan fingerprint density at radius 2 is 1.88 bits per heavy atom. The highest BCUT2D eigenvalue weighted by Gasteiger charge is 2.22. The molecule has 1 aromatic carbocycles. The average molecular weight is 452 g/mol. The number of anilines is 2. The van der Waals surface area contributed by atoms with Crippen molar-refractivity contribution in [1.82, 2.24) is 19.4 Å². The van der Waals surface area contributed by atoms with E-state index >= 15 is 0 Å². The second-order valence-corrected chi connectivity index (χ2v) is 8.01. The molecule has 32 heavy (non-hydrogen) atoms. The first-order valence-electron chi connectivity index (χ1n) is 10.4. The SMILES string of the molecule is CCn1cc(C(=O)[O-])c(=O)c2cnc(N3CCN(C(=S)Nc4ccc(C)cc4)CC3)nc21. The van der Waals surface area contributed by atoms with Gasteiger partial charge in [-0.1, -0.05) is 17.7 Å². The van der Waals surface area contributed by atoms with E-state index in [1.54, 1.807) is 4.57 Å². The number of aromatic carboxylic acids is 1. The van der Waals surface area contributed by atoms with Crippen molar-refractivity contribution in [2.45, 2.75) is 20.4 Å². The number of aromatic nitrogens is 3. The zero-order chi connectivity index (χ0) is 22.8. The molecule has 10 heteroatoms. The van der Waals surface area contributed by atoms with Gasteiger partial charge in [-0.25, -0.2) is 4.98 Å². The lowest BCUT2D eigenvalue weighted by Crippen LogP contribution is -2.50. The van der Waals surface area contributed by atoms with E-state index in [2.05, 4.69) is 20.2 Å². The third kappa shape index (κ3) is 4.26. The highest BCUT2D eigenvalue weighted by molar-refractivity contribution is 7.80. The number of rotatable bonds is 4. The Kier molecular flexibility index (Phi) is 6.04. The minimum Gasteiger partial charge on any atom is -0.545 e. The third-order valence-corrected chi connectivity index (χ3v) is 5.88. The number of pyridine rings is 1. The fraction of sp³-hybridized carbons (Fsp3) is 0.318. The minimum absolute atomic E-state index is 0.166. The Balaban J connectivity index is 1.49. The van der Waals surface area contributed by atoms with Gasteiger partial charge in [-0.05, 0) is 38.2 Å². The van der Waals surface area contributed by atoms with Crippen LogP contribution in [0.5, 0.6) is 0 Å². The lowest BCUT2D eigenvalue weighted by molar-refractivity contribution is -0.255. The van der Waals surface area contributed by atoms with Crippen LogP contribution in [0.1, 0.15) is 22.8 Å². The molecule has 0 aliphatic carbocycles. The van der Waals surface area contributed by atoms with Gasteiger partial charge in [-0.2, -0.15) is 4.98 Å². The second-order valence-electron chi connectivity index (χ2n) is 7.62. The smallest absolute Gasteiger partial charge is 0.227 e. The molecule has 0 unspecified atom stereocenters. The second kappa shape index (κ2) is 8.91. The van der Waals surface area contributed by atoms with Crippen LogP contribution in [-0.2, 0) is 6.54 Å². The van der Waals surface area contributed by atoms with Crippen LogP contribution in [0.2, 0.25) is 0 Å². The molecule has 9 nitrogen and oxygen atoms in total. The molecule has 2 aromatic heterocycles. The molecule has 0 bridgehead atoms. The maximum atomic E-state index is 12.5. The summed E-state index contributed by atoms with van der Waals surface area (Å²) in [4.78, 5) is 36.8. The maximum Gasteiger partial charge on any atom is 0.227 e. The minimum atomic E-state index is -1.51. The quantitative estimate of drug-likeness (QED) is 0.582. The van der Waals surface area contributed by atoms with Crippen molar-refractivity contribution in [2.24, 2.45) is 0 Å². The highest BCUT2D eigenvalue weighted by Crippen LogP contribution is 2.17. The molecule has 1 aliphatic rings. The Morgan fingerprint density at radius 3 is 2.50 bits per heavy atom. The normalized spacial score (nSPS) is 13.9. The first kappa shape index (κ1) is 21.7. The van der Waals surface area contributed by atoms with E-state index in [0.29, 0.717) is 49.4 Å². The van der Waals surface area contributed by atoms with Crippen molar-refractivity contribution in [3.05, 3.63) is 58.0 Å². The molecule has 0 atom stereocenters. The molecule has 1 saturated heterocycles. The number of fused-ring (bicyclic) bond motifs is 1. The number of carbonyl (C=O) groups is 1. The number of hydrogen-bond donors (Lipinski definition) is 1. The van der Waals surface area contributed by atoms with Gasteiger partial charge in [0.25, 0.3) is 0 Å². The van der Waals surface area contributed by atoms with Gasteiger partial charge in [0.05, 0.1) is 16.9 Å². The summed E-state index contributed by atoms with van der Waals surface area (Å²) in [6, 6.07) is 8.07. The first-order chi connectivity index (χ1) is 15.4. The van der Waals surface area contributed by atoms with Gasteiger partial charge in [0, 0.05) is 50.8 Å². The highest BCUT2D eigenvalue weighted by atomic mass is 32.1. The van der Waals surface area contributed by atoms with Crippen molar-refractivity contribution in [3.8, 4) is 0 Å². The van der Waals surface area contributed by atoms with Crippen molar-refractivity contribution in [2.75, 3.05) is 36.4 Å². The molecule has 166 valence electrons. The van der Waals surface area contributed by atoms with Crippen molar-refractivity contribution in [1.29, 1.82) is 0 Å². The molecule has 1 aliphatic heterocycles. The number of nitrogens with one attached hydrogen (secondary N) is 1. The molecular weight excluding hydrogens is 428 g/mol. The number of carboxylic acid groups (broad SMARTS) is 1. The van der Waals surface area contributed by atoms with Crippen LogP contribution in [0.25, 0.3) is 11.0 Å². The summed E-state index contributed by atoms with van der Waals surface area (Å²) in [5.74, 6) is -1.01. The number of hydrogen-bond acceptors (Lipinski definition) is 7. The van der Waals surface area contributed by atoms with Crippen LogP contribution in [-0.4, -0.2) is 56.7 Å². The largest absolute Gasteiger partial charge is 0.545 e. The van der Waals surface area contributed by atoms with Crippen molar-refractivity contribution < 1.29 is 9.90 Å². The van der Waals surface area contributed by atoms with Crippen LogP contribution < -0.4 is 20.8 Å². The molecule has 0 amide bonds. The van der Waals surface area contributed by atoms with Gasteiger partial charge in [0.15, 0.2) is 5.11 Å². The van der Waals surface area contributed by atoms with Crippen LogP contribution in [0.4, 0.5) is 11.6 Å². The summed E-state index contributed by atoms with van der Waals surface area (Å²) in [5, 5.41) is 15.4. The molecule has 0 saturated carbocycles. The van der Waals surface area contributed by atoms with Gasteiger partial charge in [0.1, 0.15) is 5.65 Å². The standard InChI is InChI=1S/C22H24N6O3S/c1-3-26-13-17(20(30)31)18(29)16-12-23-21(25-19(16)26)27-8-10-28(11-9-27)22(32)24-15-6-4-14(2)5-7-15/h4-7,12-13H,3,8-11H2,1-2H3,(H,24,32)(H,30,31)/p-1. The fourth-order valence-electron chi connectivity index (χ4n) is 3.65. The summed E-state index contributed by atoms with van der Waals surface area (Å²) in [6.07, 6.45) is 2.68. The topological polar surface area (TPSA) is 106 Å². The van der Waals surface area contributed by atoms with Crippen LogP contribution in [0.3, 0.4) is 0 Å². The molecule has 3 heterocycles. The molecule has 0 spiro atoms. The molecule has 0 radical (unpaired) electrons. The predicted molar refractivity (Wildman–Crippen MR) is 125 cm³/mol. The predicted octanol–water partition coefficient (Wildman–Crippen LogP) is 1.00. The summed E-state index contributed by atoms with van der Waals surface area (Å²) in [7, 11) is 0. The Hall–Kier alpha value is -3.53. The van der Waals surface area contributed by atoms with E-state index in [4.69, 9.17) is 12.2 Å². The third-order valence-electron chi connectivity index (χ3n) is 5.52. The summed E-state index contributed by atoms with van der Waals surface area (Å²) >= 11 is 5.56. The summed E-state index contributed by atoms with van der Waals surface area (Å²) < 4.78 is 1.63. The van der Waals surface area contributed by atoms with Crippen LogP contribution in [0, 0.1) is 6.92 Å². The van der Waals surface area contributed by atoms with E-state index in [1.165, 1.54) is 18.0 Å². The maximum absolute atomic E-state index is 12.5. The Bertz CT molecular complexity index is 1230. The molecule has 3 aromatic rings. The lowest BCUT2D eigenvalue weighted by atomic mass is 10.2. The van der Waals surface area contributed by atoms with Crippen LogP contribution in [0.15, 0.2) is 41.5 Å². The van der Waals surface area contributed by atoms with Gasteiger partial charge >= 0.3 is 0 Å². The fourth-order valence-corrected chi connectivity index (χ4v) is 3.95. The van der Waals surface area contributed by atoms with E-state index in [9.17, 15) is 14.7 Å². The van der Waals surface area contributed by atoms with E-state index < -0.39 is 11.4 Å². The van der Waals surface area contributed by atoms with E-state index in [0.717, 1.165) is 5.69 Å². The Labute approximate surface area is 190 Å². The monoisotopic (exact) mass is 451 g/mol. The molecule has 1 fully saturated rings. The number of carbonyl (C=O) groups excluding carboxylic acids is 1. The van der Waals surface area contributed by atoms with Gasteiger partial charge in [-0.15, -0.1) is 0 Å². The number of thiocarbonyl (C=S) groups is 1. The van der Waals surface area contributed by atoms with Gasteiger partial charge < -0.3 is 29.6 Å². The summed E-state index contributed by atoms with van der Waals surface area (Å²) in [6.45, 7) is 7.07. The van der Waals surface area contributed by atoms with E-state index in [1.807, 2.05) is 43.0 Å². The van der Waals surface area contributed by atoms with Gasteiger partial charge in [0.2, 0.25) is 11.4 Å².